The van der Waals surface area contributed by atoms with Crippen molar-refractivity contribution in [3.05, 3.63) is 17.8 Å². The van der Waals surface area contributed by atoms with Gasteiger partial charge in [-0.05, 0) is 12.0 Å². The second-order valence-electron chi connectivity index (χ2n) is 7.79. The molecule has 2 heterocycles. The molecule has 3 rings (SSSR count). The number of fused-ring (bicyclic) bond motifs is 1. The summed E-state index contributed by atoms with van der Waals surface area (Å²) in [4.78, 5) is 18.7. The van der Waals surface area contributed by atoms with E-state index in [4.69, 9.17) is 18.9 Å². The van der Waals surface area contributed by atoms with E-state index >= 15 is 0 Å². The first-order chi connectivity index (χ1) is 15.1. The van der Waals surface area contributed by atoms with E-state index in [1.165, 1.54) is 0 Å². The van der Waals surface area contributed by atoms with Crippen molar-refractivity contribution >= 4 is 16.8 Å². The van der Waals surface area contributed by atoms with E-state index in [9.17, 15) is 4.79 Å². The van der Waals surface area contributed by atoms with Gasteiger partial charge >= 0.3 is 0 Å². The maximum atomic E-state index is 13.1. The summed E-state index contributed by atoms with van der Waals surface area (Å²) in [6.45, 7) is 8.32. The van der Waals surface area contributed by atoms with Crippen molar-refractivity contribution in [3.8, 4) is 17.2 Å². The summed E-state index contributed by atoms with van der Waals surface area (Å²) in [5.74, 6) is 2.07. The van der Waals surface area contributed by atoms with Gasteiger partial charge in [0.1, 0.15) is 11.4 Å². The zero-order valence-electron chi connectivity index (χ0n) is 19.2. The fourth-order valence-corrected chi connectivity index (χ4v) is 4.49. The number of benzene rings is 1. The third kappa shape index (κ3) is 4.91. The number of carbonyl (C=O) groups is 1. The smallest absolute Gasteiger partial charge is 0.267 e. The molecule has 0 bridgehead atoms. The van der Waals surface area contributed by atoms with Gasteiger partial charge in [0.05, 0.1) is 40.1 Å². The third-order valence-electron chi connectivity index (χ3n) is 6.26. The predicted octanol–water partition coefficient (Wildman–Crippen LogP) is 3.06. The van der Waals surface area contributed by atoms with Crippen LogP contribution in [-0.4, -0.2) is 76.0 Å². The first-order valence-corrected chi connectivity index (χ1v) is 11.0. The van der Waals surface area contributed by atoms with E-state index in [0.29, 0.717) is 40.9 Å². The molecule has 0 spiro atoms. The van der Waals surface area contributed by atoms with Crippen molar-refractivity contribution in [2.24, 2.45) is 5.92 Å². The van der Waals surface area contributed by atoms with Crippen LogP contribution in [0.5, 0.6) is 17.2 Å². The van der Waals surface area contributed by atoms with Crippen molar-refractivity contribution in [1.29, 1.82) is 0 Å². The normalized spacial score (nSPS) is 15.8. The molecule has 1 unspecified atom stereocenters. The number of amides is 1. The lowest BCUT2D eigenvalue weighted by atomic mass is 9.92. The number of nitrogens with zero attached hydrogens (tertiary/aromatic N) is 1. The molecule has 2 N–H and O–H groups in total. The largest absolute Gasteiger partial charge is 0.496 e. The number of methoxy groups -OCH3 is 3. The molecule has 172 valence electrons. The highest BCUT2D eigenvalue weighted by Gasteiger charge is 2.28. The number of rotatable bonds is 10. The minimum absolute atomic E-state index is 0.150. The van der Waals surface area contributed by atoms with Gasteiger partial charge in [-0.3, -0.25) is 9.69 Å². The zero-order chi connectivity index (χ0) is 22.4. The summed E-state index contributed by atoms with van der Waals surface area (Å²) in [6, 6.07) is 3.85. The summed E-state index contributed by atoms with van der Waals surface area (Å²) in [5, 5.41) is 3.92. The lowest BCUT2D eigenvalue weighted by molar-refractivity contribution is 0.00190. The maximum Gasteiger partial charge on any atom is 0.267 e. The molecule has 31 heavy (non-hydrogen) atoms. The van der Waals surface area contributed by atoms with Gasteiger partial charge < -0.3 is 29.2 Å². The number of hydrogen-bond donors (Lipinski definition) is 2. The molecule has 2 aromatic rings. The molecule has 0 saturated carbocycles. The van der Waals surface area contributed by atoms with Crippen LogP contribution in [0.1, 0.15) is 37.2 Å². The number of ether oxygens (including phenoxy) is 4. The van der Waals surface area contributed by atoms with Crippen molar-refractivity contribution in [2.75, 3.05) is 54.2 Å². The fraction of sp³-hybridized carbons (Fsp3) is 0.609. The average Bonchev–Trinajstić information content (AvgIpc) is 3.26. The molecule has 8 nitrogen and oxygen atoms in total. The second kappa shape index (κ2) is 10.7. The van der Waals surface area contributed by atoms with Crippen LogP contribution in [0, 0.1) is 5.92 Å². The highest BCUT2D eigenvalue weighted by atomic mass is 16.5. The monoisotopic (exact) mass is 433 g/mol. The van der Waals surface area contributed by atoms with E-state index in [1.807, 2.05) is 0 Å². The van der Waals surface area contributed by atoms with Crippen molar-refractivity contribution in [1.82, 2.24) is 15.2 Å². The van der Waals surface area contributed by atoms with Crippen LogP contribution in [0.25, 0.3) is 10.9 Å². The topological polar surface area (TPSA) is 85.1 Å². The predicted molar refractivity (Wildman–Crippen MR) is 121 cm³/mol. The van der Waals surface area contributed by atoms with Gasteiger partial charge in [0.15, 0.2) is 11.5 Å². The van der Waals surface area contributed by atoms with Crippen LogP contribution < -0.4 is 19.5 Å². The van der Waals surface area contributed by atoms with Crippen LogP contribution in [0.15, 0.2) is 12.1 Å². The number of morpholine rings is 1. The zero-order valence-corrected chi connectivity index (χ0v) is 19.2. The Morgan fingerprint density at radius 3 is 2.35 bits per heavy atom. The number of carbonyl (C=O) groups excluding carboxylic acids is 1. The Labute approximate surface area is 184 Å². The Hall–Kier alpha value is -2.45. The van der Waals surface area contributed by atoms with E-state index < -0.39 is 0 Å². The average molecular weight is 434 g/mol. The van der Waals surface area contributed by atoms with Gasteiger partial charge in [0.2, 0.25) is 0 Å². The Bertz CT molecular complexity index is 872. The van der Waals surface area contributed by atoms with E-state index in [1.54, 1.807) is 33.5 Å². The van der Waals surface area contributed by atoms with Gasteiger partial charge in [-0.1, -0.05) is 26.7 Å². The highest BCUT2D eigenvalue weighted by Crippen LogP contribution is 2.41. The van der Waals surface area contributed by atoms with Gasteiger partial charge in [-0.25, -0.2) is 0 Å². The molecule has 1 aromatic carbocycles. The van der Waals surface area contributed by atoms with Crippen LogP contribution in [0.2, 0.25) is 0 Å². The SMILES string of the molecule is CCC(CC)C(CNC(=O)c1cc2c(OC)cc(OC)c(OC)c2[nH]1)N1CCOCC1. The number of aromatic amines is 1. The molecule has 1 atom stereocenters. The summed E-state index contributed by atoms with van der Waals surface area (Å²) >= 11 is 0. The fourth-order valence-electron chi connectivity index (χ4n) is 4.49. The molecule has 1 fully saturated rings. The Morgan fingerprint density at radius 2 is 1.77 bits per heavy atom. The summed E-state index contributed by atoms with van der Waals surface area (Å²) in [7, 11) is 4.74. The molecule has 0 aliphatic carbocycles. The van der Waals surface area contributed by atoms with Crippen LogP contribution >= 0.6 is 0 Å². The second-order valence-corrected chi connectivity index (χ2v) is 7.79. The standard InChI is InChI=1S/C23H35N3O5/c1-6-15(7-2)18(26-8-10-31-11-9-26)14-24-23(27)17-12-16-19(28-3)13-20(29-4)22(30-5)21(16)25-17/h12-13,15,18,25H,6-11,14H2,1-5H3,(H,24,27). The molecule has 8 heteroatoms. The number of aromatic nitrogens is 1. The summed E-state index contributed by atoms with van der Waals surface area (Å²) in [5.41, 5.74) is 1.14. The Balaban J connectivity index is 1.83. The highest BCUT2D eigenvalue weighted by molar-refractivity contribution is 6.02. The van der Waals surface area contributed by atoms with E-state index in [-0.39, 0.29) is 11.9 Å². The van der Waals surface area contributed by atoms with Crippen LogP contribution in [0.3, 0.4) is 0 Å². The minimum Gasteiger partial charge on any atom is -0.496 e. The maximum absolute atomic E-state index is 13.1. The molecule has 0 radical (unpaired) electrons. The van der Waals surface area contributed by atoms with Gasteiger partial charge in [0, 0.05) is 37.1 Å². The Kier molecular flexibility index (Phi) is 8.03. The van der Waals surface area contributed by atoms with Gasteiger partial charge in [-0.2, -0.15) is 0 Å². The molecular formula is C23H35N3O5. The first kappa shape index (κ1) is 23.2. The quantitative estimate of drug-likeness (QED) is 0.599. The number of nitrogens with one attached hydrogen (secondary N) is 2. The molecular weight excluding hydrogens is 398 g/mol. The summed E-state index contributed by atoms with van der Waals surface area (Å²) < 4.78 is 21.9. The number of H-pyrrole nitrogens is 1. The molecule has 1 aliphatic rings. The third-order valence-corrected chi connectivity index (χ3v) is 6.26. The molecule has 1 aromatic heterocycles. The van der Waals surface area contributed by atoms with Crippen molar-refractivity contribution in [2.45, 2.75) is 32.7 Å². The minimum atomic E-state index is -0.150. The van der Waals surface area contributed by atoms with E-state index in [2.05, 4.69) is 29.0 Å². The van der Waals surface area contributed by atoms with E-state index in [0.717, 1.165) is 44.5 Å². The van der Waals surface area contributed by atoms with Gasteiger partial charge in [0.25, 0.3) is 5.91 Å². The number of hydrogen-bond acceptors (Lipinski definition) is 6. The van der Waals surface area contributed by atoms with Crippen LogP contribution in [-0.2, 0) is 4.74 Å². The van der Waals surface area contributed by atoms with Crippen LogP contribution in [0.4, 0.5) is 0 Å². The molecule has 1 amide bonds. The molecule has 1 aliphatic heterocycles. The van der Waals surface area contributed by atoms with Crippen molar-refractivity contribution in [3.63, 3.8) is 0 Å². The first-order valence-electron chi connectivity index (χ1n) is 11.0. The Morgan fingerprint density at radius 1 is 1.10 bits per heavy atom. The van der Waals surface area contributed by atoms with Gasteiger partial charge in [-0.15, -0.1) is 0 Å². The lowest BCUT2D eigenvalue weighted by Crippen LogP contribution is -2.52. The van der Waals surface area contributed by atoms with Crippen molar-refractivity contribution < 1.29 is 23.7 Å². The summed E-state index contributed by atoms with van der Waals surface area (Å²) in [6.07, 6.45) is 2.16. The molecule has 1 saturated heterocycles. The lowest BCUT2D eigenvalue weighted by Gasteiger charge is -2.38.